The van der Waals surface area contributed by atoms with Crippen LogP contribution in [0.3, 0.4) is 0 Å². The molecule has 0 radical (unpaired) electrons. The molecule has 0 aliphatic rings. The molecule has 100 valence electrons. The lowest BCUT2D eigenvalue weighted by atomic mass is 10.0. The number of nitrogens with two attached hydrogens (primary N) is 1. The molecule has 0 saturated carbocycles. The van der Waals surface area contributed by atoms with Crippen LogP contribution in [0.5, 0.6) is 0 Å². The average molecular weight is 283 g/mol. The largest absolute Gasteiger partial charge is 0.389 e. The van der Waals surface area contributed by atoms with Gasteiger partial charge in [-0.2, -0.15) is 11.8 Å². The van der Waals surface area contributed by atoms with Gasteiger partial charge in [-0.05, 0) is 31.2 Å². The topological polar surface area (TPSA) is 50.9 Å². The molecule has 0 atom stereocenters. The van der Waals surface area contributed by atoms with Gasteiger partial charge in [-0.3, -0.25) is 0 Å². The Labute approximate surface area is 119 Å². The summed E-state index contributed by atoms with van der Waals surface area (Å²) in [4.78, 5) is 4.70. The number of hydrogen-bond donors (Lipinski definition) is 2. The molecule has 0 unspecified atom stereocenters. The third-order valence-electron chi connectivity index (χ3n) is 3.36. The third-order valence-corrected chi connectivity index (χ3v) is 5.18. The summed E-state index contributed by atoms with van der Waals surface area (Å²) in [5.41, 5.74) is 6.47. The lowest BCUT2D eigenvalue weighted by molar-refractivity contribution is 0.574. The fraction of sp³-hybridized carbons (Fsp3) is 0.538. The van der Waals surface area contributed by atoms with Crippen LogP contribution in [-0.2, 0) is 0 Å². The zero-order chi connectivity index (χ0) is 13.6. The first-order valence-electron chi connectivity index (χ1n) is 6.11. The summed E-state index contributed by atoms with van der Waals surface area (Å²) in [7, 11) is 0. The van der Waals surface area contributed by atoms with Crippen LogP contribution in [0.25, 0.3) is 0 Å². The van der Waals surface area contributed by atoms with Crippen LogP contribution in [0.2, 0.25) is 0 Å². The Morgan fingerprint density at radius 2 is 2.17 bits per heavy atom. The summed E-state index contributed by atoms with van der Waals surface area (Å²) in [5.74, 6) is 0.834. The zero-order valence-electron chi connectivity index (χ0n) is 11.2. The number of nitrogens with zero attached hydrogens (tertiary/aromatic N) is 1. The maximum Gasteiger partial charge on any atom is 0.126 e. The summed E-state index contributed by atoms with van der Waals surface area (Å²) in [6.45, 7) is 5.34. The van der Waals surface area contributed by atoms with Crippen molar-refractivity contribution in [3.63, 3.8) is 0 Å². The standard InChI is InChI=1S/C13H21N3S2/c1-4-13(5-2,18-3)9-16-11-8-10(12(14)17)6-7-15-11/h6-8H,4-5,9H2,1-3H3,(H2,14,17)(H,15,16). The minimum atomic E-state index is 0.265. The Kier molecular flexibility index (Phi) is 5.88. The van der Waals surface area contributed by atoms with Gasteiger partial charge in [0.2, 0.25) is 0 Å². The van der Waals surface area contributed by atoms with Crippen LogP contribution < -0.4 is 11.1 Å². The fourth-order valence-corrected chi connectivity index (χ4v) is 2.71. The second kappa shape index (κ2) is 6.95. The quantitative estimate of drug-likeness (QED) is 0.753. The molecule has 1 rings (SSSR count). The molecule has 3 N–H and O–H groups in total. The second-order valence-electron chi connectivity index (χ2n) is 4.24. The highest BCUT2D eigenvalue weighted by Crippen LogP contribution is 2.30. The smallest absolute Gasteiger partial charge is 0.126 e. The number of aromatic nitrogens is 1. The van der Waals surface area contributed by atoms with Crippen LogP contribution in [0.4, 0.5) is 5.82 Å². The van der Waals surface area contributed by atoms with E-state index in [4.69, 9.17) is 18.0 Å². The van der Waals surface area contributed by atoms with E-state index < -0.39 is 0 Å². The van der Waals surface area contributed by atoms with Gasteiger partial charge in [0.15, 0.2) is 0 Å². The molecule has 1 aromatic heterocycles. The first-order valence-corrected chi connectivity index (χ1v) is 7.75. The van der Waals surface area contributed by atoms with E-state index in [1.165, 1.54) is 0 Å². The molecule has 0 saturated heterocycles. The average Bonchev–Trinajstić information content (AvgIpc) is 2.41. The van der Waals surface area contributed by atoms with Gasteiger partial charge >= 0.3 is 0 Å². The first kappa shape index (κ1) is 15.2. The highest BCUT2D eigenvalue weighted by atomic mass is 32.2. The van der Waals surface area contributed by atoms with Crippen molar-refractivity contribution >= 4 is 34.8 Å². The molecule has 0 fully saturated rings. The van der Waals surface area contributed by atoms with E-state index in [1.54, 1.807) is 6.20 Å². The number of nitrogens with one attached hydrogen (secondary N) is 1. The molecule has 0 aliphatic heterocycles. The van der Waals surface area contributed by atoms with Crippen molar-refractivity contribution in [2.45, 2.75) is 31.4 Å². The molecule has 0 bridgehead atoms. The van der Waals surface area contributed by atoms with E-state index in [0.717, 1.165) is 30.8 Å². The van der Waals surface area contributed by atoms with E-state index in [9.17, 15) is 0 Å². The normalized spacial score (nSPS) is 11.3. The van der Waals surface area contributed by atoms with Gasteiger partial charge in [0.05, 0.1) is 0 Å². The summed E-state index contributed by atoms with van der Waals surface area (Å²) in [5, 5.41) is 3.39. The monoisotopic (exact) mass is 283 g/mol. The van der Waals surface area contributed by atoms with Crippen molar-refractivity contribution < 1.29 is 0 Å². The van der Waals surface area contributed by atoms with Gasteiger partial charge in [-0.1, -0.05) is 26.1 Å². The number of rotatable bonds is 7. The van der Waals surface area contributed by atoms with Gasteiger partial charge in [0.1, 0.15) is 10.8 Å². The highest BCUT2D eigenvalue weighted by molar-refractivity contribution is 8.00. The molecule has 1 heterocycles. The van der Waals surface area contributed by atoms with E-state index in [-0.39, 0.29) is 4.75 Å². The van der Waals surface area contributed by atoms with E-state index >= 15 is 0 Å². The van der Waals surface area contributed by atoms with Crippen molar-refractivity contribution in [2.24, 2.45) is 5.73 Å². The Bertz CT molecular complexity index is 395. The number of thiocarbonyl (C=S) groups is 1. The number of hydrogen-bond acceptors (Lipinski definition) is 4. The predicted octanol–water partition coefficient (Wildman–Crippen LogP) is 3.05. The number of thioether (sulfide) groups is 1. The molecule has 0 aromatic carbocycles. The SMILES string of the molecule is CCC(CC)(CNc1cc(C(N)=S)ccn1)SC. The van der Waals surface area contributed by atoms with E-state index in [0.29, 0.717) is 4.99 Å². The van der Waals surface area contributed by atoms with Crippen molar-refractivity contribution in [3.8, 4) is 0 Å². The molecule has 18 heavy (non-hydrogen) atoms. The lowest BCUT2D eigenvalue weighted by Gasteiger charge is -2.30. The number of anilines is 1. The summed E-state index contributed by atoms with van der Waals surface area (Å²) < 4.78 is 0.265. The summed E-state index contributed by atoms with van der Waals surface area (Å²) in [6.07, 6.45) is 6.16. The van der Waals surface area contributed by atoms with Crippen LogP contribution in [0.1, 0.15) is 32.3 Å². The molecule has 1 aromatic rings. The van der Waals surface area contributed by atoms with Crippen LogP contribution in [0, 0.1) is 0 Å². The van der Waals surface area contributed by atoms with Crippen molar-refractivity contribution in [2.75, 3.05) is 18.1 Å². The van der Waals surface area contributed by atoms with E-state index in [2.05, 4.69) is 30.4 Å². The van der Waals surface area contributed by atoms with Gasteiger partial charge in [-0.25, -0.2) is 4.98 Å². The molecule has 3 nitrogen and oxygen atoms in total. The van der Waals surface area contributed by atoms with Crippen molar-refractivity contribution in [1.29, 1.82) is 0 Å². The maximum atomic E-state index is 5.61. The Morgan fingerprint density at radius 3 is 2.67 bits per heavy atom. The Hall–Kier alpha value is -0.810. The Morgan fingerprint density at radius 1 is 1.50 bits per heavy atom. The summed E-state index contributed by atoms with van der Waals surface area (Å²) >= 11 is 6.87. The van der Waals surface area contributed by atoms with Crippen LogP contribution in [-0.4, -0.2) is 27.5 Å². The minimum absolute atomic E-state index is 0.265. The fourth-order valence-electron chi connectivity index (χ4n) is 1.79. The predicted molar refractivity (Wildman–Crippen MR) is 85.4 cm³/mol. The second-order valence-corrected chi connectivity index (χ2v) is 5.96. The molecule has 0 amide bonds. The zero-order valence-corrected chi connectivity index (χ0v) is 12.8. The molecular weight excluding hydrogens is 262 g/mol. The summed E-state index contributed by atoms with van der Waals surface area (Å²) in [6, 6.07) is 3.73. The van der Waals surface area contributed by atoms with Gasteiger partial charge in [0.25, 0.3) is 0 Å². The van der Waals surface area contributed by atoms with Crippen LogP contribution >= 0.6 is 24.0 Å². The van der Waals surface area contributed by atoms with Gasteiger partial charge in [0, 0.05) is 23.1 Å². The first-order chi connectivity index (χ1) is 8.56. The molecular formula is C13H21N3S2. The van der Waals surface area contributed by atoms with E-state index in [1.807, 2.05) is 23.9 Å². The van der Waals surface area contributed by atoms with Gasteiger partial charge < -0.3 is 11.1 Å². The molecule has 0 spiro atoms. The third kappa shape index (κ3) is 3.85. The minimum Gasteiger partial charge on any atom is -0.389 e. The Balaban J connectivity index is 2.73. The lowest BCUT2D eigenvalue weighted by Crippen LogP contribution is -2.32. The van der Waals surface area contributed by atoms with Crippen molar-refractivity contribution in [3.05, 3.63) is 23.9 Å². The van der Waals surface area contributed by atoms with Gasteiger partial charge in [-0.15, -0.1) is 0 Å². The van der Waals surface area contributed by atoms with Crippen molar-refractivity contribution in [1.82, 2.24) is 4.98 Å². The van der Waals surface area contributed by atoms with Crippen LogP contribution in [0.15, 0.2) is 18.3 Å². The molecule has 5 heteroatoms. The highest BCUT2D eigenvalue weighted by Gasteiger charge is 2.24. The molecule has 0 aliphatic carbocycles. The maximum absolute atomic E-state index is 5.61. The number of pyridine rings is 1.